The number of halogens is 1. The molecule has 2 rings (SSSR count). The lowest BCUT2D eigenvalue weighted by Gasteiger charge is -2.22. The van der Waals surface area contributed by atoms with E-state index in [-0.39, 0.29) is 24.0 Å². The van der Waals surface area contributed by atoms with Crippen molar-refractivity contribution in [2.45, 2.75) is 32.2 Å². The van der Waals surface area contributed by atoms with Gasteiger partial charge in [-0.1, -0.05) is 12.5 Å². The maximum atomic E-state index is 4.37. The SMILES string of the molecule is C=CCCCCCN(C)C(=NC)NCc1ccnc(-n2cccn2)c1.I. The quantitative estimate of drug-likeness (QED) is 0.201. The third-order valence-electron chi connectivity index (χ3n) is 3.97. The highest BCUT2D eigenvalue weighted by Crippen LogP contribution is 2.06. The highest BCUT2D eigenvalue weighted by molar-refractivity contribution is 14.0. The van der Waals surface area contributed by atoms with Crippen LogP contribution in [-0.4, -0.2) is 46.3 Å². The van der Waals surface area contributed by atoms with Gasteiger partial charge in [0.15, 0.2) is 11.8 Å². The summed E-state index contributed by atoms with van der Waals surface area (Å²) in [5.41, 5.74) is 1.14. The molecule has 0 saturated carbocycles. The normalized spacial score (nSPS) is 10.9. The Morgan fingerprint density at radius 1 is 1.35 bits per heavy atom. The number of aromatic nitrogens is 3. The van der Waals surface area contributed by atoms with Crippen molar-refractivity contribution in [3.05, 3.63) is 55.0 Å². The molecule has 0 aromatic carbocycles. The van der Waals surface area contributed by atoms with Gasteiger partial charge in [-0.2, -0.15) is 5.10 Å². The lowest BCUT2D eigenvalue weighted by molar-refractivity contribution is 0.455. The Bertz CT molecular complexity index is 668. The van der Waals surface area contributed by atoms with Crippen molar-refractivity contribution in [1.29, 1.82) is 0 Å². The van der Waals surface area contributed by atoms with E-state index < -0.39 is 0 Å². The third-order valence-corrected chi connectivity index (χ3v) is 3.97. The fourth-order valence-electron chi connectivity index (χ4n) is 2.59. The molecule has 2 heterocycles. The molecule has 1 N–H and O–H groups in total. The lowest BCUT2D eigenvalue weighted by Crippen LogP contribution is -2.39. The fourth-order valence-corrected chi connectivity index (χ4v) is 2.59. The molecule has 0 bridgehead atoms. The first-order valence-electron chi connectivity index (χ1n) is 8.72. The average molecular weight is 468 g/mol. The first kappa shape index (κ1) is 22.1. The molecule has 0 aliphatic heterocycles. The summed E-state index contributed by atoms with van der Waals surface area (Å²) in [5.74, 6) is 1.72. The van der Waals surface area contributed by atoms with Crippen molar-refractivity contribution in [2.75, 3.05) is 20.6 Å². The summed E-state index contributed by atoms with van der Waals surface area (Å²) in [7, 11) is 3.89. The second-order valence-corrected chi connectivity index (χ2v) is 5.93. The molecule has 7 heteroatoms. The number of guanidine groups is 1. The van der Waals surface area contributed by atoms with E-state index in [0.29, 0.717) is 6.54 Å². The van der Waals surface area contributed by atoms with Crippen LogP contribution < -0.4 is 5.32 Å². The summed E-state index contributed by atoms with van der Waals surface area (Å²) in [6.07, 6.45) is 12.1. The summed E-state index contributed by atoms with van der Waals surface area (Å²) in [5, 5.41) is 7.63. The number of pyridine rings is 1. The molecule has 0 aliphatic carbocycles. The molecule has 0 unspecified atom stereocenters. The van der Waals surface area contributed by atoms with E-state index in [9.17, 15) is 0 Å². The lowest BCUT2D eigenvalue weighted by atomic mass is 10.2. The van der Waals surface area contributed by atoms with Crippen LogP contribution >= 0.6 is 24.0 Å². The highest BCUT2D eigenvalue weighted by atomic mass is 127. The molecular weight excluding hydrogens is 439 g/mol. The Hall–Kier alpha value is -1.90. The Morgan fingerprint density at radius 3 is 2.88 bits per heavy atom. The summed E-state index contributed by atoms with van der Waals surface area (Å²) in [6.45, 7) is 5.45. The molecule has 0 fully saturated rings. The van der Waals surface area contributed by atoms with E-state index in [1.165, 1.54) is 12.8 Å². The second kappa shape index (κ2) is 12.5. The van der Waals surface area contributed by atoms with E-state index in [1.54, 1.807) is 17.1 Å². The Morgan fingerprint density at radius 2 is 2.19 bits per heavy atom. The van der Waals surface area contributed by atoms with Gasteiger partial charge in [0.2, 0.25) is 0 Å². The van der Waals surface area contributed by atoms with Gasteiger partial charge in [-0.15, -0.1) is 30.6 Å². The molecule has 0 amide bonds. The molecule has 0 saturated heterocycles. The van der Waals surface area contributed by atoms with Crippen LogP contribution in [-0.2, 0) is 6.54 Å². The number of unbranched alkanes of at least 4 members (excludes halogenated alkanes) is 3. The van der Waals surface area contributed by atoms with E-state index in [4.69, 9.17) is 0 Å². The molecule has 6 nitrogen and oxygen atoms in total. The standard InChI is InChI=1S/C19H28N6.HI/c1-4-5-6-7-8-13-24(3)19(20-2)22-16-17-10-12-21-18(15-17)25-14-9-11-23-25;/h4,9-12,14-15H,1,5-8,13,16H2,2-3H3,(H,20,22);1H. The van der Waals surface area contributed by atoms with Gasteiger partial charge in [0.25, 0.3) is 0 Å². The van der Waals surface area contributed by atoms with Crippen LogP contribution in [0.3, 0.4) is 0 Å². The van der Waals surface area contributed by atoms with Gasteiger partial charge >= 0.3 is 0 Å². The molecular formula is C19H29IN6. The molecule has 26 heavy (non-hydrogen) atoms. The van der Waals surface area contributed by atoms with Crippen molar-refractivity contribution in [1.82, 2.24) is 25.0 Å². The van der Waals surface area contributed by atoms with Crippen molar-refractivity contribution >= 4 is 29.9 Å². The average Bonchev–Trinajstić information content (AvgIpc) is 3.17. The van der Waals surface area contributed by atoms with E-state index >= 15 is 0 Å². The van der Waals surface area contributed by atoms with Crippen LogP contribution in [0.25, 0.3) is 5.82 Å². The first-order valence-corrected chi connectivity index (χ1v) is 8.72. The third kappa shape index (κ3) is 7.15. The number of nitrogens with one attached hydrogen (secondary N) is 1. The van der Waals surface area contributed by atoms with Crippen LogP contribution in [0, 0.1) is 0 Å². The van der Waals surface area contributed by atoms with Crippen molar-refractivity contribution in [3.63, 3.8) is 0 Å². The zero-order chi connectivity index (χ0) is 17.9. The van der Waals surface area contributed by atoms with Crippen molar-refractivity contribution in [3.8, 4) is 5.82 Å². The van der Waals surface area contributed by atoms with Crippen LogP contribution in [0.4, 0.5) is 0 Å². The largest absolute Gasteiger partial charge is 0.352 e. The van der Waals surface area contributed by atoms with Gasteiger partial charge in [0, 0.05) is 45.8 Å². The van der Waals surface area contributed by atoms with Crippen LogP contribution in [0.1, 0.15) is 31.2 Å². The smallest absolute Gasteiger partial charge is 0.193 e. The number of hydrogen-bond acceptors (Lipinski definition) is 3. The Labute approximate surface area is 173 Å². The van der Waals surface area contributed by atoms with Gasteiger partial charge in [-0.25, -0.2) is 9.67 Å². The molecule has 0 radical (unpaired) electrons. The number of rotatable bonds is 9. The highest BCUT2D eigenvalue weighted by Gasteiger charge is 2.06. The van der Waals surface area contributed by atoms with Gasteiger partial charge in [0.05, 0.1) is 0 Å². The minimum Gasteiger partial charge on any atom is -0.352 e. The van der Waals surface area contributed by atoms with Gasteiger partial charge < -0.3 is 10.2 Å². The summed E-state index contributed by atoms with van der Waals surface area (Å²) in [4.78, 5) is 10.9. The summed E-state index contributed by atoms with van der Waals surface area (Å²) in [6, 6.07) is 5.92. The van der Waals surface area contributed by atoms with Crippen molar-refractivity contribution in [2.24, 2.45) is 4.99 Å². The molecule has 0 aliphatic rings. The van der Waals surface area contributed by atoms with E-state index in [0.717, 1.165) is 36.7 Å². The molecule has 0 spiro atoms. The zero-order valence-electron chi connectivity index (χ0n) is 15.6. The molecule has 0 atom stereocenters. The maximum absolute atomic E-state index is 4.37. The van der Waals surface area contributed by atoms with Crippen molar-refractivity contribution < 1.29 is 0 Å². The van der Waals surface area contributed by atoms with Gasteiger partial charge in [-0.3, -0.25) is 4.99 Å². The van der Waals surface area contributed by atoms with Gasteiger partial charge in [0.1, 0.15) is 0 Å². The van der Waals surface area contributed by atoms with Crippen LogP contribution in [0.15, 0.2) is 54.4 Å². The number of allylic oxidation sites excluding steroid dienone is 1. The maximum Gasteiger partial charge on any atom is 0.193 e. The molecule has 2 aromatic rings. The fraction of sp³-hybridized carbons (Fsp3) is 0.421. The minimum atomic E-state index is 0. The summed E-state index contributed by atoms with van der Waals surface area (Å²) < 4.78 is 1.76. The van der Waals surface area contributed by atoms with E-state index in [2.05, 4.69) is 38.9 Å². The molecule has 142 valence electrons. The number of aliphatic imine (C=N–C) groups is 1. The van der Waals surface area contributed by atoms with Gasteiger partial charge in [-0.05, 0) is 43.0 Å². The monoisotopic (exact) mass is 468 g/mol. The predicted octanol–water partition coefficient (Wildman–Crippen LogP) is 3.64. The Kier molecular flexibility index (Phi) is 10.6. The molecule has 2 aromatic heterocycles. The number of hydrogen-bond donors (Lipinski definition) is 1. The van der Waals surface area contributed by atoms with Crippen LogP contribution in [0.5, 0.6) is 0 Å². The van der Waals surface area contributed by atoms with Crippen LogP contribution in [0.2, 0.25) is 0 Å². The zero-order valence-corrected chi connectivity index (χ0v) is 18.0. The van der Waals surface area contributed by atoms with E-state index in [1.807, 2.05) is 37.5 Å². The Balaban J connectivity index is 0.00000338. The predicted molar refractivity (Wildman–Crippen MR) is 118 cm³/mol. The first-order chi connectivity index (χ1) is 12.2. The topological polar surface area (TPSA) is 58.3 Å². The number of nitrogens with zero attached hydrogens (tertiary/aromatic N) is 5. The minimum absolute atomic E-state index is 0. The summed E-state index contributed by atoms with van der Waals surface area (Å²) >= 11 is 0. The second-order valence-electron chi connectivity index (χ2n) is 5.93.